The third kappa shape index (κ3) is 4.01. The van der Waals surface area contributed by atoms with Crippen LogP contribution in [0.1, 0.15) is 25.3 Å². The van der Waals surface area contributed by atoms with E-state index in [-0.39, 0.29) is 5.69 Å². The molecule has 0 bridgehead atoms. The van der Waals surface area contributed by atoms with Crippen LogP contribution in [-0.2, 0) is 11.3 Å². The summed E-state index contributed by atoms with van der Waals surface area (Å²) in [6.45, 7) is 6.43. The molecule has 0 amide bonds. The van der Waals surface area contributed by atoms with Crippen LogP contribution < -0.4 is 15.3 Å². The fourth-order valence-corrected chi connectivity index (χ4v) is 3.27. The minimum absolute atomic E-state index is 0.202. The van der Waals surface area contributed by atoms with E-state index >= 15 is 0 Å². The molecule has 8 heteroatoms. The van der Waals surface area contributed by atoms with E-state index in [9.17, 15) is 4.79 Å². The molecular weight excluding hydrogens is 358 g/mol. The lowest BCUT2D eigenvalue weighted by Gasteiger charge is -2.28. The molecule has 8 nitrogen and oxygen atoms in total. The van der Waals surface area contributed by atoms with Gasteiger partial charge in [-0.1, -0.05) is 25.5 Å². The monoisotopic (exact) mass is 383 g/mol. The molecule has 0 saturated carbocycles. The summed E-state index contributed by atoms with van der Waals surface area (Å²) in [5, 5.41) is 0. The van der Waals surface area contributed by atoms with Crippen molar-refractivity contribution in [1.82, 2.24) is 19.5 Å². The van der Waals surface area contributed by atoms with Crippen LogP contribution in [0.15, 0.2) is 35.3 Å². The number of H-pyrrole nitrogens is 1. The summed E-state index contributed by atoms with van der Waals surface area (Å²) >= 11 is 0. The number of aromatic amines is 1. The van der Waals surface area contributed by atoms with Gasteiger partial charge in [0.1, 0.15) is 5.52 Å². The lowest BCUT2D eigenvalue weighted by Crippen LogP contribution is -2.36. The highest BCUT2D eigenvalue weighted by atomic mass is 16.5. The zero-order valence-corrected chi connectivity index (χ0v) is 16.1. The van der Waals surface area contributed by atoms with E-state index in [1.807, 2.05) is 0 Å². The Morgan fingerprint density at radius 1 is 1.21 bits per heavy atom. The second-order valence-electron chi connectivity index (χ2n) is 6.87. The second-order valence-corrected chi connectivity index (χ2v) is 6.87. The first-order chi connectivity index (χ1) is 13.7. The smallest absolute Gasteiger partial charge is 0.328 e. The Labute approximate surface area is 163 Å². The van der Waals surface area contributed by atoms with E-state index in [2.05, 4.69) is 51.0 Å². The first-order valence-electron chi connectivity index (χ1n) is 9.74. The van der Waals surface area contributed by atoms with Crippen LogP contribution in [0, 0.1) is 0 Å². The number of rotatable bonds is 7. The van der Waals surface area contributed by atoms with Gasteiger partial charge in [-0.3, -0.25) is 4.57 Å². The van der Waals surface area contributed by atoms with Gasteiger partial charge < -0.3 is 19.4 Å². The Hall–Kier alpha value is -2.87. The lowest BCUT2D eigenvalue weighted by molar-refractivity contribution is 0.122. The molecule has 3 heterocycles. The molecular formula is C20H25N5O3. The fourth-order valence-electron chi connectivity index (χ4n) is 3.27. The Morgan fingerprint density at radius 2 is 2.00 bits per heavy atom. The van der Waals surface area contributed by atoms with Crippen molar-refractivity contribution in [2.75, 3.05) is 37.8 Å². The number of hydrogen-bond donors (Lipinski definition) is 1. The zero-order chi connectivity index (χ0) is 19.3. The quantitative estimate of drug-likeness (QED) is 0.630. The molecule has 148 valence electrons. The largest absolute Gasteiger partial charge is 0.463 e. The summed E-state index contributed by atoms with van der Waals surface area (Å²) in [6, 6.07) is 8.59. The van der Waals surface area contributed by atoms with E-state index in [0.29, 0.717) is 30.3 Å². The molecule has 3 aromatic rings. The number of imidazole rings is 1. The van der Waals surface area contributed by atoms with Gasteiger partial charge in [-0.05, 0) is 24.1 Å². The van der Waals surface area contributed by atoms with Crippen molar-refractivity contribution in [2.45, 2.75) is 26.3 Å². The number of benzene rings is 1. The number of unbranched alkanes of at least 4 members (excludes halogenated alkanes) is 1. The summed E-state index contributed by atoms with van der Waals surface area (Å²) in [5.74, 6) is 0. The minimum atomic E-state index is -0.202. The van der Waals surface area contributed by atoms with Crippen molar-refractivity contribution in [1.29, 1.82) is 0 Å². The first-order valence-corrected chi connectivity index (χ1v) is 9.74. The molecule has 1 aromatic carbocycles. The molecule has 1 aliphatic rings. The third-order valence-corrected chi connectivity index (χ3v) is 4.87. The van der Waals surface area contributed by atoms with Gasteiger partial charge in [0.25, 0.3) is 0 Å². The van der Waals surface area contributed by atoms with Crippen LogP contribution in [0.3, 0.4) is 0 Å². The molecule has 28 heavy (non-hydrogen) atoms. The number of hydrogen-bond acceptors (Lipinski definition) is 6. The van der Waals surface area contributed by atoms with E-state index in [0.717, 1.165) is 44.7 Å². The van der Waals surface area contributed by atoms with E-state index < -0.39 is 0 Å². The number of nitrogens with zero attached hydrogens (tertiary/aromatic N) is 4. The van der Waals surface area contributed by atoms with Crippen LogP contribution >= 0.6 is 0 Å². The van der Waals surface area contributed by atoms with Crippen LogP contribution in [0.2, 0.25) is 0 Å². The summed E-state index contributed by atoms with van der Waals surface area (Å²) in [6.07, 6.45) is 3.58. The van der Waals surface area contributed by atoms with Crippen molar-refractivity contribution in [3.05, 3.63) is 46.5 Å². The average molecular weight is 383 g/mol. The molecule has 0 spiro atoms. The van der Waals surface area contributed by atoms with Gasteiger partial charge in [0, 0.05) is 18.8 Å². The number of morpholine rings is 1. The maximum absolute atomic E-state index is 12.4. The van der Waals surface area contributed by atoms with E-state index in [4.69, 9.17) is 9.47 Å². The maximum Gasteiger partial charge on any atom is 0.328 e. The topological polar surface area (TPSA) is 85.3 Å². The standard InChI is InChI=1S/C20H25N5O3/c1-2-3-10-28-19-21-13-17-18(23-19)25(20(26)22-17)14-15-4-6-16(7-5-15)24-8-11-27-12-9-24/h4-7,13H,2-3,8-12,14H2,1H3,(H,22,26). The predicted octanol–water partition coefficient (Wildman–Crippen LogP) is 2.18. The number of anilines is 1. The van der Waals surface area contributed by atoms with Gasteiger partial charge in [-0.2, -0.15) is 4.98 Å². The van der Waals surface area contributed by atoms with Gasteiger partial charge in [0.15, 0.2) is 5.65 Å². The van der Waals surface area contributed by atoms with E-state index in [1.165, 1.54) is 5.69 Å². The normalized spacial score (nSPS) is 14.5. The third-order valence-electron chi connectivity index (χ3n) is 4.87. The highest BCUT2D eigenvalue weighted by Gasteiger charge is 2.13. The SMILES string of the molecule is CCCCOc1ncc2[nH]c(=O)n(Cc3ccc(N4CCOCC4)cc3)c2n1. The van der Waals surface area contributed by atoms with Crippen LogP contribution in [0.25, 0.3) is 11.2 Å². The molecule has 4 rings (SSSR count). The van der Waals surface area contributed by atoms with Crippen molar-refractivity contribution < 1.29 is 9.47 Å². The van der Waals surface area contributed by atoms with Crippen molar-refractivity contribution in [3.8, 4) is 6.01 Å². The second kappa shape index (κ2) is 8.43. The molecule has 1 N–H and O–H groups in total. The van der Waals surface area contributed by atoms with Crippen molar-refractivity contribution in [2.24, 2.45) is 0 Å². The van der Waals surface area contributed by atoms with Crippen LogP contribution in [-0.4, -0.2) is 52.4 Å². The summed E-state index contributed by atoms with van der Waals surface area (Å²) in [5.41, 5.74) is 3.17. The van der Waals surface area contributed by atoms with Crippen LogP contribution in [0.5, 0.6) is 6.01 Å². The van der Waals surface area contributed by atoms with E-state index in [1.54, 1.807) is 10.8 Å². The highest BCUT2D eigenvalue weighted by molar-refractivity contribution is 5.69. The molecule has 2 aromatic heterocycles. The lowest BCUT2D eigenvalue weighted by atomic mass is 10.2. The predicted molar refractivity (Wildman–Crippen MR) is 107 cm³/mol. The van der Waals surface area contributed by atoms with Crippen molar-refractivity contribution >= 4 is 16.9 Å². The van der Waals surface area contributed by atoms with Gasteiger partial charge >= 0.3 is 11.7 Å². The van der Waals surface area contributed by atoms with Gasteiger partial charge in [0.2, 0.25) is 0 Å². The minimum Gasteiger partial charge on any atom is -0.463 e. The molecule has 1 saturated heterocycles. The van der Waals surface area contributed by atoms with Gasteiger partial charge in [-0.15, -0.1) is 0 Å². The Balaban J connectivity index is 1.54. The van der Waals surface area contributed by atoms with Crippen molar-refractivity contribution in [3.63, 3.8) is 0 Å². The van der Waals surface area contributed by atoms with Gasteiger partial charge in [0.05, 0.1) is 32.6 Å². The number of fused-ring (bicyclic) bond motifs is 1. The van der Waals surface area contributed by atoms with Crippen LogP contribution in [0.4, 0.5) is 5.69 Å². The number of aromatic nitrogens is 4. The molecule has 1 aliphatic heterocycles. The number of ether oxygens (including phenoxy) is 2. The Bertz CT molecular complexity index is 974. The first kappa shape index (κ1) is 18.5. The maximum atomic E-state index is 12.4. The highest BCUT2D eigenvalue weighted by Crippen LogP contribution is 2.18. The van der Waals surface area contributed by atoms with Gasteiger partial charge in [-0.25, -0.2) is 9.78 Å². The molecule has 1 fully saturated rings. The zero-order valence-electron chi connectivity index (χ0n) is 16.1. The summed E-state index contributed by atoms with van der Waals surface area (Å²) in [7, 11) is 0. The molecule has 0 unspecified atom stereocenters. The Kier molecular flexibility index (Phi) is 5.57. The molecule has 0 radical (unpaired) electrons. The molecule has 0 aliphatic carbocycles. The summed E-state index contributed by atoms with van der Waals surface area (Å²) in [4.78, 5) is 26.1. The fraction of sp³-hybridized carbons (Fsp3) is 0.450. The molecule has 0 atom stereocenters. The number of nitrogens with one attached hydrogen (secondary N) is 1. The summed E-state index contributed by atoms with van der Waals surface area (Å²) < 4.78 is 12.6. The average Bonchev–Trinajstić information content (AvgIpc) is 3.04. The Morgan fingerprint density at radius 3 is 2.75 bits per heavy atom.